The maximum absolute atomic E-state index is 13.3. The number of pyridine rings is 1. The summed E-state index contributed by atoms with van der Waals surface area (Å²) in [5, 5.41) is 29.1. The van der Waals surface area contributed by atoms with Crippen molar-refractivity contribution in [2.24, 2.45) is 5.41 Å². The average Bonchev–Trinajstić information content (AvgIpc) is 3.99. The summed E-state index contributed by atoms with van der Waals surface area (Å²) in [7, 11) is 0. The van der Waals surface area contributed by atoms with E-state index in [1.54, 1.807) is 10.7 Å². The number of likely N-dealkylation sites (tertiary alicyclic amines) is 1. The first-order valence-corrected chi connectivity index (χ1v) is 24.0. The molecule has 5 aliphatic rings. The van der Waals surface area contributed by atoms with E-state index in [1.807, 2.05) is 42.9 Å². The van der Waals surface area contributed by atoms with Gasteiger partial charge in [-0.1, -0.05) is 24.6 Å². The Morgan fingerprint density at radius 2 is 1.69 bits per heavy atom. The molecule has 5 fully saturated rings. The van der Waals surface area contributed by atoms with Crippen LogP contribution < -0.4 is 20.9 Å². The van der Waals surface area contributed by atoms with Gasteiger partial charge in [0.05, 0.1) is 41.4 Å². The first kappa shape index (κ1) is 43.1. The number of fused-ring (bicyclic) bond motifs is 1. The van der Waals surface area contributed by atoms with E-state index in [2.05, 4.69) is 60.8 Å². The van der Waals surface area contributed by atoms with Gasteiger partial charge in [-0.25, -0.2) is 14.5 Å². The smallest absolute Gasteiger partial charge is 0.249 e. The molecule has 2 aliphatic carbocycles. The van der Waals surface area contributed by atoms with Crippen LogP contribution in [0.2, 0.25) is 5.02 Å². The van der Waals surface area contributed by atoms with Crippen molar-refractivity contribution in [2.75, 3.05) is 36.4 Å². The number of hydrogen-bond donors (Lipinski definition) is 3. The van der Waals surface area contributed by atoms with Gasteiger partial charge in [-0.05, 0) is 132 Å². The molecule has 0 unspecified atom stereocenters. The minimum atomic E-state index is -0.438. The second-order valence-electron chi connectivity index (χ2n) is 18.9. The van der Waals surface area contributed by atoms with Crippen LogP contribution in [0.4, 0.5) is 11.5 Å². The molecule has 3 amide bonds. The molecule has 338 valence electrons. The van der Waals surface area contributed by atoms with Gasteiger partial charge in [0, 0.05) is 65.8 Å². The third-order valence-corrected chi connectivity index (χ3v) is 15.6. The monoisotopic (exact) mass is 896 g/mol. The van der Waals surface area contributed by atoms with Crippen molar-refractivity contribution in [1.29, 1.82) is 5.26 Å². The first-order valence-electron chi connectivity index (χ1n) is 23.7. The Morgan fingerprint density at radius 3 is 2.37 bits per heavy atom. The number of benzene rings is 1. The zero-order valence-corrected chi connectivity index (χ0v) is 37.8. The predicted molar refractivity (Wildman–Crippen MR) is 248 cm³/mol. The van der Waals surface area contributed by atoms with Gasteiger partial charge in [0.15, 0.2) is 0 Å². The van der Waals surface area contributed by atoms with Crippen LogP contribution in [0, 0.1) is 16.7 Å². The molecule has 15 nitrogen and oxygen atoms in total. The van der Waals surface area contributed by atoms with E-state index in [4.69, 9.17) is 26.7 Å². The molecule has 7 heterocycles. The number of nitrogens with zero attached hydrogens (tertiary/aromatic N) is 9. The van der Waals surface area contributed by atoms with Crippen LogP contribution >= 0.6 is 11.6 Å². The predicted octanol–water partition coefficient (Wildman–Crippen LogP) is 7.43. The highest BCUT2D eigenvalue weighted by atomic mass is 35.5. The van der Waals surface area contributed by atoms with E-state index in [0.717, 1.165) is 131 Å². The van der Waals surface area contributed by atoms with Gasteiger partial charge in [-0.2, -0.15) is 15.5 Å². The van der Waals surface area contributed by atoms with Crippen LogP contribution in [0.5, 0.6) is 0 Å². The molecule has 1 atom stereocenters. The van der Waals surface area contributed by atoms with Gasteiger partial charge in [0.2, 0.25) is 17.7 Å². The first-order chi connectivity index (χ1) is 31.7. The van der Waals surface area contributed by atoms with Gasteiger partial charge in [-0.3, -0.25) is 24.4 Å². The summed E-state index contributed by atoms with van der Waals surface area (Å²) in [5.74, 6) is 0.958. The van der Waals surface area contributed by atoms with Crippen molar-refractivity contribution in [3.8, 4) is 28.6 Å². The molecule has 5 aromatic rings. The maximum Gasteiger partial charge on any atom is 0.249 e. The minimum Gasteiger partial charge on any atom is -0.374 e. The number of carbonyl (C=O) groups is 3. The molecular weight excluding hydrogens is 840 g/mol. The van der Waals surface area contributed by atoms with Crippen LogP contribution in [0.1, 0.15) is 120 Å². The number of piperidine rings is 3. The van der Waals surface area contributed by atoms with Crippen molar-refractivity contribution in [3.63, 3.8) is 0 Å². The SMILES string of the molecule is CCC1(C(=O)NC2CCC2)CCN(c2ccc(-c3nc(-c4cnn(C5CCC(N6CCC(c7ccc(N[C@@H]8CCC(=O)NC8=O)cc7Cl)CC6)CC5)c4)cn4ncc(C#N)c34)cn2)CC1. The summed E-state index contributed by atoms with van der Waals surface area (Å²) in [6, 6.07) is 13.1. The molecule has 2 saturated carbocycles. The van der Waals surface area contributed by atoms with E-state index < -0.39 is 6.04 Å². The second-order valence-corrected chi connectivity index (χ2v) is 19.3. The lowest BCUT2D eigenvalue weighted by Crippen LogP contribution is -2.52. The molecule has 4 aromatic heterocycles. The lowest BCUT2D eigenvalue weighted by atomic mass is 9.74. The second kappa shape index (κ2) is 18.2. The number of rotatable bonds is 11. The van der Waals surface area contributed by atoms with Gasteiger partial charge >= 0.3 is 0 Å². The number of nitrogens with one attached hydrogen (secondary N) is 3. The van der Waals surface area contributed by atoms with Crippen molar-refractivity contribution >= 4 is 46.3 Å². The molecule has 65 heavy (non-hydrogen) atoms. The third-order valence-electron chi connectivity index (χ3n) is 15.3. The zero-order valence-electron chi connectivity index (χ0n) is 37.0. The van der Waals surface area contributed by atoms with Crippen molar-refractivity contribution < 1.29 is 14.4 Å². The Morgan fingerprint density at radius 1 is 0.908 bits per heavy atom. The fourth-order valence-electron chi connectivity index (χ4n) is 10.9. The van der Waals surface area contributed by atoms with Crippen molar-refractivity contribution in [3.05, 3.63) is 77.5 Å². The summed E-state index contributed by atoms with van der Waals surface area (Å²) in [5.41, 5.74) is 5.78. The van der Waals surface area contributed by atoms with Gasteiger partial charge < -0.3 is 20.4 Å². The van der Waals surface area contributed by atoms with Crippen LogP contribution in [-0.4, -0.2) is 96.3 Å². The normalized spacial score (nSPS) is 23.2. The molecule has 1 aromatic carbocycles. The molecule has 10 rings (SSSR count). The number of halogens is 1. The Hall–Kier alpha value is -5.85. The summed E-state index contributed by atoms with van der Waals surface area (Å²) >= 11 is 6.82. The highest BCUT2D eigenvalue weighted by Crippen LogP contribution is 2.40. The number of anilines is 2. The molecule has 3 aliphatic heterocycles. The van der Waals surface area contributed by atoms with Gasteiger partial charge in [0.25, 0.3) is 0 Å². The van der Waals surface area contributed by atoms with E-state index in [9.17, 15) is 19.6 Å². The Kier molecular flexibility index (Phi) is 12.1. The average molecular weight is 898 g/mol. The molecule has 3 saturated heterocycles. The lowest BCUT2D eigenvalue weighted by Gasteiger charge is -2.42. The molecule has 16 heteroatoms. The largest absolute Gasteiger partial charge is 0.374 e. The molecule has 0 bridgehead atoms. The zero-order chi connectivity index (χ0) is 44.7. The highest BCUT2D eigenvalue weighted by Gasteiger charge is 2.41. The Balaban J connectivity index is 0.757. The third kappa shape index (κ3) is 8.70. The van der Waals surface area contributed by atoms with Crippen molar-refractivity contribution in [1.82, 2.24) is 44.9 Å². The maximum atomic E-state index is 13.3. The van der Waals surface area contributed by atoms with Gasteiger partial charge in [-0.15, -0.1) is 0 Å². The minimum absolute atomic E-state index is 0.217. The van der Waals surface area contributed by atoms with E-state index in [-0.39, 0.29) is 23.1 Å². The van der Waals surface area contributed by atoms with Crippen LogP contribution in [0.3, 0.4) is 0 Å². The fraction of sp³-hybridized carbons (Fsp3) is 0.510. The van der Waals surface area contributed by atoms with E-state index in [0.29, 0.717) is 58.7 Å². The van der Waals surface area contributed by atoms with Crippen LogP contribution in [-0.2, 0) is 14.4 Å². The lowest BCUT2D eigenvalue weighted by molar-refractivity contribution is -0.134. The standard InChI is InChI=1S/C49H57ClN12O3/c1-2-49(48(65)56-35-4-3-5-35)18-22-60(23-19-49)43-14-6-32(26-52-43)45-46-33(25-51)27-54-62(46)30-42(57-45)34-28-53-61(29-34)38-10-8-37(9-11-38)59-20-16-31(17-21-59)39-12-7-36(24-40(39)50)55-41-13-15-44(63)58-47(41)64/h6-7,12,14,24,26-31,35,37-38,41,55H,2-5,8-11,13,15-23H2,1H3,(H,56,65)(H,58,63,64)/t37?,38?,41-/m1/s1. The van der Waals surface area contributed by atoms with E-state index >= 15 is 0 Å². The van der Waals surface area contributed by atoms with E-state index in [1.165, 1.54) is 6.42 Å². The molecular formula is C49H57ClN12O3. The quantitative estimate of drug-likeness (QED) is 0.112. The van der Waals surface area contributed by atoms with Gasteiger partial charge in [0.1, 0.15) is 29.0 Å². The Bertz CT molecular complexity index is 2610. The van der Waals surface area contributed by atoms with Crippen LogP contribution in [0.15, 0.2) is 61.3 Å². The number of nitriles is 1. The topological polar surface area (TPSA) is 178 Å². The van der Waals surface area contributed by atoms with Crippen LogP contribution in [0.25, 0.3) is 28.0 Å². The molecule has 3 N–H and O–H groups in total. The summed E-state index contributed by atoms with van der Waals surface area (Å²) in [4.78, 5) is 52.1. The highest BCUT2D eigenvalue weighted by molar-refractivity contribution is 6.31. The summed E-state index contributed by atoms with van der Waals surface area (Å²) in [6.07, 6.45) is 22.3. The number of hydrogen-bond acceptors (Lipinski definition) is 11. The number of aromatic nitrogens is 6. The number of amides is 3. The number of carbonyl (C=O) groups excluding carboxylic acids is 3. The Labute approximate surface area is 384 Å². The summed E-state index contributed by atoms with van der Waals surface area (Å²) < 4.78 is 3.84. The summed E-state index contributed by atoms with van der Waals surface area (Å²) in [6.45, 7) is 5.74. The number of imide groups is 1. The molecule has 0 radical (unpaired) electrons. The van der Waals surface area contributed by atoms with Crippen molar-refractivity contribution in [2.45, 2.75) is 127 Å². The molecule has 0 spiro atoms. The fourth-order valence-corrected chi connectivity index (χ4v) is 11.2.